The van der Waals surface area contributed by atoms with Crippen LogP contribution in [0.3, 0.4) is 0 Å². The standard InChI is InChI=1S/C23H27BrN4O7/c1-34-16-5-2-11(8-13(16)24)6-7-25-23(33)26-12-3-4-14-15(9-12)28-22(27-14)21-20(32)19(31)18(30)17(10-29)35-21/h2-5,8-9,17-21,29-32H,6-7,10H2,1H3,(H,27,28)(H2,25,26,33)/t17-,18-,19+,20-,21-/m1/s1. The number of hydrogen-bond acceptors (Lipinski definition) is 8. The van der Waals surface area contributed by atoms with E-state index < -0.39 is 37.1 Å². The van der Waals surface area contributed by atoms with Gasteiger partial charge in [0.05, 0.1) is 29.2 Å². The van der Waals surface area contributed by atoms with Gasteiger partial charge in [-0.1, -0.05) is 6.07 Å². The summed E-state index contributed by atoms with van der Waals surface area (Å²) in [4.78, 5) is 19.7. The molecule has 35 heavy (non-hydrogen) atoms. The molecule has 188 valence electrons. The lowest BCUT2D eigenvalue weighted by Crippen LogP contribution is -2.55. The van der Waals surface area contributed by atoms with E-state index in [1.54, 1.807) is 25.3 Å². The molecule has 0 bridgehead atoms. The third-order valence-electron chi connectivity index (χ3n) is 5.84. The van der Waals surface area contributed by atoms with Crippen LogP contribution in [-0.2, 0) is 11.2 Å². The number of aromatic amines is 1. The van der Waals surface area contributed by atoms with Crippen molar-refractivity contribution >= 4 is 38.7 Å². The highest BCUT2D eigenvalue weighted by molar-refractivity contribution is 9.10. The molecule has 1 aliphatic rings. The summed E-state index contributed by atoms with van der Waals surface area (Å²) in [5.41, 5.74) is 2.68. The molecule has 0 spiro atoms. The first-order valence-electron chi connectivity index (χ1n) is 11.0. The van der Waals surface area contributed by atoms with Crippen molar-refractivity contribution in [3.8, 4) is 5.75 Å². The second-order valence-corrected chi connectivity index (χ2v) is 9.06. The molecule has 5 atom stereocenters. The number of benzene rings is 2. The maximum atomic E-state index is 12.3. The first-order valence-corrected chi connectivity index (χ1v) is 11.8. The lowest BCUT2D eigenvalue weighted by atomic mass is 9.95. The zero-order chi connectivity index (χ0) is 25.1. The number of amides is 2. The number of aliphatic hydroxyl groups is 4. The molecule has 0 unspecified atom stereocenters. The highest BCUT2D eigenvalue weighted by Crippen LogP contribution is 2.32. The quantitative estimate of drug-likeness (QED) is 0.230. The normalized spacial score (nSPS) is 24.3. The molecule has 1 aliphatic heterocycles. The SMILES string of the molecule is COc1ccc(CCNC(=O)Nc2ccc3nc([C@@H]4O[C@H](CO)[C@@H](O)[C@H](O)[C@H]4O)[nH]c3c2)cc1Br. The molecule has 1 fully saturated rings. The van der Waals surface area contributed by atoms with Crippen LogP contribution in [0, 0.1) is 0 Å². The van der Waals surface area contributed by atoms with Gasteiger partial charge in [-0.3, -0.25) is 0 Å². The molecule has 2 heterocycles. The van der Waals surface area contributed by atoms with Crippen LogP contribution in [0.15, 0.2) is 40.9 Å². The Bertz CT molecular complexity index is 1190. The van der Waals surface area contributed by atoms with Gasteiger partial charge in [0.25, 0.3) is 0 Å². The van der Waals surface area contributed by atoms with E-state index in [1.807, 2.05) is 18.2 Å². The van der Waals surface area contributed by atoms with Gasteiger partial charge in [0, 0.05) is 12.2 Å². The number of fused-ring (bicyclic) bond motifs is 1. The molecule has 3 aromatic rings. The average molecular weight is 551 g/mol. The zero-order valence-electron chi connectivity index (χ0n) is 18.8. The van der Waals surface area contributed by atoms with E-state index in [0.29, 0.717) is 29.7 Å². The molecule has 0 aliphatic carbocycles. The van der Waals surface area contributed by atoms with Gasteiger partial charge in [-0.2, -0.15) is 0 Å². The summed E-state index contributed by atoms with van der Waals surface area (Å²) in [5.74, 6) is 0.965. The smallest absolute Gasteiger partial charge is 0.319 e. The number of hydrogen-bond donors (Lipinski definition) is 7. The number of rotatable bonds is 7. The third-order valence-corrected chi connectivity index (χ3v) is 6.45. The molecule has 12 heteroatoms. The van der Waals surface area contributed by atoms with E-state index in [0.717, 1.165) is 15.8 Å². The molecule has 1 aromatic heterocycles. The van der Waals surface area contributed by atoms with Gasteiger partial charge >= 0.3 is 6.03 Å². The van der Waals surface area contributed by atoms with Crippen LogP contribution in [0.2, 0.25) is 0 Å². The maximum absolute atomic E-state index is 12.3. The molecule has 7 N–H and O–H groups in total. The average Bonchev–Trinajstić information content (AvgIpc) is 3.26. The second kappa shape index (κ2) is 10.9. The number of halogens is 1. The molecule has 11 nitrogen and oxygen atoms in total. The van der Waals surface area contributed by atoms with E-state index in [4.69, 9.17) is 9.47 Å². The Morgan fingerprint density at radius 2 is 1.97 bits per heavy atom. The second-order valence-electron chi connectivity index (χ2n) is 8.20. The summed E-state index contributed by atoms with van der Waals surface area (Å²) >= 11 is 3.45. The summed E-state index contributed by atoms with van der Waals surface area (Å²) in [6.45, 7) is -0.0985. The number of urea groups is 1. The fourth-order valence-corrected chi connectivity index (χ4v) is 4.52. The predicted octanol–water partition coefficient (Wildman–Crippen LogP) is 1.21. The van der Waals surface area contributed by atoms with Crippen LogP contribution in [0.25, 0.3) is 11.0 Å². The number of aliphatic hydroxyl groups excluding tert-OH is 4. The Balaban J connectivity index is 1.37. The van der Waals surface area contributed by atoms with E-state index in [1.165, 1.54) is 0 Å². The highest BCUT2D eigenvalue weighted by atomic mass is 79.9. The maximum Gasteiger partial charge on any atom is 0.319 e. The fraction of sp³-hybridized carbons (Fsp3) is 0.391. The molecular formula is C23H27BrN4O7. The van der Waals surface area contributed by atoms with Crippen molar-refractivity contribution < 1.29 is 34.7 Å². The van der Waals surface area contributed by atoms with Gasteiger partial charge in [-0.25, -0.2) is 9.78 Å². The van der Waals surface area contributed by atoms with Crippen molar-refractivity contribution in [2.45, 2.75) is 36.9 Å². The van der Waals surface area contributed by atoms with Crippen LogP contribution in [-0.4, -0.2) is 81.1 Å². The predicted molar refractivity (Wildman–Crippen MR) is 130 cm³/mol. The summed E-state index contributed by atoms with van der Waals surface area (Å²) in [6.07, 6.45) is -5.86. The number of H-pyrrole nitrogens is 1. The van der Waals surface area contributed by atoms with Crippen molar-refractivity contribution in [3.63, 3.8) is 0 Å². The minimum Gasteiger partial charge on any atom is -0.496 e. The van der Waals surface area contributed by atoms with Gasteiger partial charge in [0.2, 0.25) is 0 Å². The molecule has 0 radical (unpaired) electrons. The largest absolute Gasteiger partial charge is 0.496 e. The summed E-state index contributed by atoms with van der Waals surface area (Å²) in [7, 11) is 1.60. The molecule has 1 saturated heterocycles. The first-order chi connectivity index (χ1) is 16.8. The Morgan fingerprint density at radius 3 is 2.69 bits per heavy atom. The monoisotopic (exact) mass is 550 g/mol. The number of aromatic nitrogens is 2. The van der Waals surface area contributed by atoms with Crippen LogP contribution >= 0.6 is 15.9 Å². The van der Waals surface area contributed by atoms with Crippen molar-refractivity contribution in [3.05, 3.63) is 52.3 Å². The topological polar surface area (TPSA) is 169 Å². The van der Waals surface area contributed by atoms with Crippen LogP contribution in [0.1, 0.15) is 17.5 Å². The lowest BCUT2D eigenvalue weighted by Gasteiger charge is -2.39. The molecular weight excluding hydrogens is 524 g/mol. The lowest BCUT2D eigenvalue weighted by molar-refractivity contribution is -0.233. The Kier molecular flexibility index (Phi) is 7.89. The number of carbonyl (C=O) groups excluding carboxylic acids is 1. The van der Waals surface area contributed by atoms with E-state index in [-0.39, 0.29) is 11.9 Å². The Labute approximate surface area is 209 Å². The fourth-order valence-electron chi connectivity index (χ4n) is 3.93. The number of imidazole rings is 1. The minimum atomic E-state index is -1.50. The first kappa shape index (κ1) is 25.4. The number of ether oxygens (including phenoxy) is 2. The van der Waals surface area contributed by atoms with E-state index in [2.05, 4.69) is 36.5 Å². The van der Waals surface area contributed by atoms with E-state index in [9.17, 15) is 25.2 Å². The third kappa shape index (κ3) is 5.58. The zero-order valence-corrected chi connectivity index (χ0v) is 20.4. The van der Waals surface area contributed by atoms with Crippen molar-refractivity contribution in [2.75, 3.05) is 25.6 Å². The van der Waals surface area contributed by atoms with Crippen LogP contribution in [0.4, 0.5) is 10.5 Å². The molecule has 2 aromatic carbocycles. The van der Waals surface area contributed by atoms with Gasteiger partial charge in [0.15, 0.2) is 0 Å². The summed E-state index contributed by atoms with van der Waals surface area (Å²) in [6, 6.07) is 10.4. The number of nitrogens with zero attached hydrogens (tertiary/aromatic N) is 1. The molecule has 0 saturated carbocycles. The van der Waals surface area contributed by atoms with Crippen molar-refractivity contribution in [2.24, 2.45) is 0 Å². The minimum absolute atomic E-state index is 0.226. The Hall–Kier alpha value is -2.74. The van der Waals surface area contributed by atoms with Crippen LogP contribution in [0.5, 0.6) is 5.75 Å². The van der Waals surface area contributed by atoms with Crippen LogP contribution < -0.4 is 15.4 Å². The van der Waals surface area contributed by atoms with Gasteiger partial charge in [-0.15, -0.1) is 0 Å². The summed E-state index contributed by atoms with van der Waals surface area (Å²) in [5, 5.41) is 45.3. The number of nitrogens with one attached hydrogen (secondary N) is 3. The van der Waals surface area contributed by atoms with Gasteiger partial charge in [0.1, 0.15) is 42.1 Å². The molecule has 2 amide bonds. The van der Waals surface area contributed by atoms with Gasteiger partial charge in [-0.05, 0) is 58.2 Å². The molecule has 4 rings (SSSR count). The summed E-state index contributed by atoms with van der Waals surface area (Å²) < 4.78 is 11.6. The highest BCUT2D eigenvalue weighted by Gasteiger charge is 2.45. The van der Waals surface area contributed by atoms with Crippen molar-refractivity contribution in [1.29, 1.82) is 0 Å². The van der Waals surface area contributed by atoms with Crippen molar-refractivity contribution in [1.82, 2.24) is 15.3 Å². The number of anilines is 1. The van der Waals surface area contributed by atoms with Gasteiger partial charge < -0.3 is 45.5 Å². The van der Waals surface area contributed by atoms with E-state index >= 15 is 0 Å². The number of carbonyl (C=O) groups is 1. The Morgan fingerprint density at radius 1 is 1.17 bits per heavy atom. The number of methoxy groups -OCH3 is 1.